The molecule has 0 bridgehead atoms. The Bertz CT molecular complexity index is 2100. The molecule has 0 aromatic heterocycles. The van der Waals surface area contributed by atoms with Crippen molar-refractivity contribution in [1.29, 1.82) is 0 Å². The van der Waals surface area contributed by atoms with E-state index < -0.39 is 15.4 Å². The Morgan fingerprint density at radius 1 is 0.500 bits per heavy atom. The van der Waals surface area contributed by atoms with Crippen molar-refractivity contribution >= 4 is 59.6 Å². The summed E-state index contributed by atoms with van der Waals surface area (Å²) in [6.07, 6.45) is 0. The number of nitrogens with zero attached hydrogens (tertiary/aromatic N) is 2. The van der Waals surface area contributed by atoms with Crippen LogP contribution in [0.2, 0.25) is 19.6 Å². The van der Waals surface area contributed by atoms with Gasteiger partial charge in [0.05, 0.1) is 19.4 Å². The maximum atomic E-state index is 15.7. The van der Waals surface area contributed by atoms with Crippen molar-refractivity contribution in [3.05, 3.63) is 146 Å². The topological polar surface area (TPSA) is 23.6 Å². The van der Waals surface area contributed by atoms with Crippen molar-refractivity contribution in [3.8, 4) is 22.3 Å². The molecule has 0 radical (unpaired) electrons. The van der Waals surface area contributed by atoms with E-state index >= 15 is 4.57 Å². The largest absolute Gasteiger partial charge is 0.310 e. The average molecular weight is 605 g/mol. The Balaban J connectivity index is 1.37. The Kier molecular flexibility index (Phi) is 6.10. The van der Waals surface area contributed by atoms with Gasteiger partial charge in [-0.25, -0.2) is 0 Å². The molecule has 6 aromatic rings. The van der Waals surface area contributed by atoms with Crippen molar-refractivity contribution in [2.75, 3.05) is 9.57 Å². The maximum absolute atomic E-state index is 15.7. The first-order valence-corrected chi connectivity index (χ1v) is 20.3. The van der Waals surface area contributed by atoms with E-state index in [0.29, 0.717) is 0 Å². The highest BCUT2D eigenvalue weighted by Crippen LogP contribution is 2.66. The van der Waals surface area contributed by atoms with Gasteiger partial charge in [-0.1, -0.05) is 110 Å². The fourth-order valence-electron chi connectivity index (χ4n) is 6.79. The zero-order valence-electron chi connectivity index (χ0n) is 25.1. The highest BCUT2D eigenvalue weighted by Gasteiger charge is 2.47. The highest BCUT2D eigenvalue weighted by atomic mass is 31.2. The first-order chi connectivity index (χ1) is 21.4. The van der Waals surface area contributed by atoms with Crippen LogP contribution < -0.4 is 25.4 Å². The first kappa shape index (κ1) is 27.0. The van der Waals surface area contributed by atoms with E-state index in [2.05, 4.69) is 151 Å². The molecule has 5 heteroatoms. The minimum Gasteiger partial charge on any atom is -0.310 e. The molecule has 44 heavy (non-hydrogen) atoms. The molecule has 0 N–H and O–H groups in total. The first-order valence-electron chi connectivity index (χ1n) is 15.1. The Morgan fingerprint density at radius 3 is 1.66 bits per heavy atom. The molecule has 8 rings (SSSR count). The van der Waals surface area contributed by atoms with Crippen LogP contribution in [0.4, 0.5) is 28.4 Å². The van der Waals surface area contributed by atoms with Crippen LogP contribution in [0, 0.1) is 0 Å². The van der Waals surface area contributed by atoms with Crippen LogP contribution in [-0.4, -0.2) is 8.07 Å². The molecule has 0 fully saturated rings. The summed E-state index contributed by atoms with van der Waals surface area (Å²) in [6.45, 7) is 7.15. The molecule has 2 heterocycles. The van der Waals surface area contributed by atoms with E-state index in [9.17, 15) is 0 Å². The van der Waals surface area contributed by atoms with Crippen LogP contribution >= 0.6 is 7.29 Å². The third-order valence-corrected chi connectivity index (χ3v) is 14.1. The summed E-state index contributed by atoms with van der Waals surface area (Å²) in [4.78, 5) is 2.32. The molecule has 3 nitrogen and oxygen atoms in total. The Labute approximate surface area is 260 Å². The van der Waals surface area contributed by atoms with Crippen LogP contribution in [0.25, 0.3) is 22.3 Å². The van der Waals surface area contributed by atoms with Gasteiger partial charge in [0, 0.05) is 38.8 Å². The van der Waals surface area contributed by atoms with Gasteiger partial charge in [-0.15, -0.1) is 0 Å². The predicted molar refractivity (Wildman–Crippen MR) is 190 cm³/mol. The van der Waals surface area contributed by atoms with Crippen LogP contribution in [0.1, 0.15) is 0 Å². The van der Waals surface area contributed by atoms with E-state index in [1.54, 1.807) is 0 Å². The molecule has 2 aliphatic rings. The van der Waals surface area contributed by atoms with Gasteiger partial charge in [0.2, 0.25) is 7.29 Å². The number of fused-ring (bicyclic) bond motifs is 11. The fraction of sp³-hybridized carbons (Fsp3) is 0.0769. The molecular formula is C39H33N2OPSi. The summed E-state index contributed by atoms with van der Waals surface area (Å²) < 4.78 is 17.8. The average Bonchev–Trinajstić information content (AvgIpc) is 3.06. The zero-order valence-corrected chi connectivity index (χ0v) is 27.0. The number of para-hydroxylation sites is 2. The number of rotatable bonds is 4. The van der Waals surface area contributed by atoms with Gasteiger partial charge in [0.15, 0.2) is 0 Å². The standard InChI is InChI=1S/C39H33N2OPSi/c1-44(2,3)31-24-21-29(22-25-31)40(28-13-5-4-6-14-28)30-23-26-37-35(27-30)34-17-9-12-20-39(34)43(42)38-19-11-8-16-33(38)32-15-7-10-18-36(32)41(37)43/h4-27H,1-3H3. The molecule has 1 unspecified atom stereocenters. The minimum absolute atomic E-state index is 0.886. The van der Waals surface area contributed by atoms with Crippen molar-refractivity contribution in [2.45, 2.75) is 19.6 Å². The molecular weight excluding hydrogens is 572 g/mol. The number of hydrogen-bond donors (Lipinski definition) is 0. The van der Waals surface area contributed by atoms with Gasteiger partial charge in [-0.05, 0) is 71.8 Å². The molecule has 0 spiro atoms. The fourth-order valence-corrected chi connectivity index (χ4v) is 11.2. The van der Waals surface area contributed by atoms with Crippen LogP contribution in [-0.2, 0) is 4.57 Å². The highest BCUT2D eigenvalue weighted by molar-refractivity contribution is 7.81. The Hall–Kier alpha value is -4.63. The normalized spacial score (nSPS) is 16.2. The van der Waals surface area contributed by atoms with E-state index in [-0.39, 0.29) is 0 Å². The second-order valence-electron chi connectivity index (χ2n) is 12.6. The van der Waals surface area contributed by atoms with E-state index in [0.717, 1.165) is 61.3 Å². The molecule has 0 amide bonds. The molecule has 0 saturated carbocycles. The van der Waals surface area contributed by atoms with Gasteiger partial charge in [0.25, 0.3) is 0 Å². The summed E-state index contributed by atoms with van der Waals surface area (Å²) in [6, 6.07) is 51.1. The molecule has 214 valence electrons. The molecule has 2 aliphatic heterocycles. The lowest BCUT2D eigenvalue weighted by Crippen LogP contribution is -2.37. The van der Waals surface area contributed by atoms with Gasteiger partial charge >= 0.3 is 0 Å². The second kappa shape index (κ2) is 9.95. The van der Waals surface area contributed by atoms with Crippen molar-refractivity contribution in [2.24, 2.45) is 0 Å². The lowest BCUT2D eigenvalue weighted by atomic mass is 9.99. The summed E-state index contributed by atoms with van der Waals surface area (Å²) in [7, 11) is -4.65. The molecule has 0 aliphatic carbocycles. The van der Waals surface area contributed by atoms with E-state index in [1.807, 2.05) is 24.3 Å². The van der Waals surface area contributed by atoms with E-state index in [1.165, 1.54) is 5.19 Å². The summed E-state index contributed by atoms with van der Waals surface area (Å²) >= 11 is 0. The zero-order chi connectivity index (χ0) is 30.1. The van der Waals surface area contributed by atoms with Crippen molar-refractivity contribution in [3.63, 3.8) is 0 Å². The van der Waals surface area contributed by atoms with Crippen LogP contribution in [0.15, 0.2) is 146 Å². The number of benzene rings is 6. The third kappa shape index (κ3) is 3.98. The van der Waals surface area contributed by atoms with E-state index in [4.69, 9.17) is 0 Å². The lowest BCUT2D eigenvalue weighted by molar-refractivity contribution is 0.586. The smallest absolute Gasteiger partial charge is 0.235 e. The lowest BCUT2D eigenvalue weighted by Gasteiger charge is -2.44. The summed E-state index contributed by atoms with van der Waals surface area (Å²) in [5, 5.41) is 3.22. The molecule has 6 aromatic carbocycles. The minimum atomic E-state index is -3.22. The van der Waals surface area contributed by atoms with Gasteiger partial charge in [-0.2, -0.15) is 0 Å². The molecule has 1 atom stereocenters. The van der Waals surface area contributed by atoms with Gasteiger partial charge in [0.1, 0.15) is 0 Å². The van der Waals surface area contributed by atoms with Gasteiger partial charge < -0.3 is 4.90 Å². The summed E-state index contributed by atoms with van der Waals surface area (Å²) in [5.41, 5.74) is 9.50. The van der Waals surface area contributed by atoms with Gasteiger partial charge in [-0.3, -0.25) is 9.24 Å². The predicted octanol–water partition coefficient (Wildman–Crippen LogP) is 9.73. The van der Waals surface area contributed by atoms with Crippen molar-refractivity contribution in [1.82, 2.24) is 0 Å². The number of anilines is 5. The SMILES string of the molecule is C[Si](C)(C)c1ccc(N(c2ccccc2)c2ccc3c(c2)-c2ccccc2P2(=O)c4ccccc4-c4ccccc4N32)cc1. The van der Waals surface area contributed by atoms with Crippen LogP contribution in [0.3, 0.4) is 0 Å². The number of hydrogen-bond acceptors (Lipinski definition) is 2. The molecule has 0 saturated heterocycles. The Morgan fingerprint density at radius 2 is 1.00 bits per heavy atom. The monoisotopic (exact) mass is 604 g/mol. The van der Waals surface area contributed by atoms with Crippen molar-refractivity contribution < 1.29 is 4.57 Å². The third-order valence-electron chi connectivity index (χ3n) is 8.93. The maximum Gasteiger partial charge on any atom is 0.235 e. The van der Waals surface area contributed by atoms with Crippen LogP contribution in [0.5, 0.6) is 0 Å². The second-order valence-corrected chi connectivity index (χ2v) is 20.2. The summed E-state index contributed by atoms with van der Waals surface area (Å²) in [5.74, 6) is 0. The quantitative estimate of drug-likeness (QED) is 0.148.